The predicted molar refractivity (Wildman–Crippen MR) is 103 cm³/mol. The minimum absolute atomic E-state index is 0.0449. The van der Waals surface area contributed by atoms with Gasteiger partial charge in [-0.15, -0.1) is 0 Å². The van der Waals surface area contributed by atoms with Crippen molar-refractivity contribution in [3.05, 3.63) is 58.5 Å². The average molecular weight is 398 g/mol. The van der Waals surface area contributed by atoms with Crippen LogP contribution in [-0.4, -0.2) is 35.2 Å². The fourth-order valence-electron chi connectivity index (χ4n) is 2.56. The zero-order chi connectivity index (χ0) is 20.8. The van der Waals surface area contributed by atoms with Gasteiger partial charge in [0, 0.05) is 36.2 Å². The van der Waals surface area contributed by atoms with E-state index >= 15 is 0 Å². The molecule has 0 spiro atoms. The molecule has 1 heterocycles. The van der Waals surface area contributed by atoms with Crippen molar-refractivity contribution in [2.45, 2.75) is 12.8 Å². The summed E-state index contributed by atoms with van der Waals surface area (Å²) in [5, 5.41) is 17.2. The van der Waals surface area contributed by atoms with Gasteiger partial charge in [-0.1, -0.05) is 5.16 Å². The number of aryl methyl sites for hydroxylation is 1. The zero-order valence-electron chi connectivity index (χ0n) is 15.7. The molecule has 150 valence electrons. The molecule has 0 saturated carbocycles. The van der Waals surface area contributed by atoms with E-state index in [0.717, 1.165) is 0 Å². The lowest BCUT2D eigenvalue weighted by Crippen LogP contribution is -2.12. The van der Waals surface area contributed by atoms with Crippen molar-refractivity contribution in [3.8, 4) is 22.9 Å². The maximum Gasteiger partial charge on any atom is 0.269 e. The van der Waals surface area contributed by atoms with Crippen molar-refractivity contribution in [1.29, 1.82) is 0 Å². The number of nitrogens with one attached hydrogen (secondary N) is 1. The molecule has 10 heteroatoms. The van der Waals surface area contributed by atoms with E-state index in [-0.39, 0.29) is 24.4 Å². The third kappa shape index (κ3) is 4.86. The summed E-state index contributed by atoms with van der Waals surface area (Å²) in [7, 11) is 3.08. The number of ether oxygens (including phenoxy) is 2. The number of carbonyl (C=O) groups is 1. The van der Waals surface area contributed by atoms with E-state index in [9.17, 15) is 14.9 Å². The number of carbonyl (C=O) groups excluding carboxylic acids is 1. The molecule has 0 aliphatic rings. The number of benzene rings is 2. The quantitative estimate of drug-likeness (QED) is 0.452. The molecule has 0 saturated heterocycles. The molecule has 1 N–H and O–H groups in total. The summed E-state index contributed by atoms with van der Waals surface area (Å²) in [5.74, 6) is 1.54. The number of nitro groups is 1. The topological polar surface area (TPSA) is 130 Å². The van der Waals surface area contributed by atoms with Crippen molar-refractivity contribution in [2.75, 3.05) is 19.5 Å². The second kappa shape index (κ2) is 8.83. The zero-order valence-corrected chi connectivity index (χ0v) is 15.7. The highest BCUT2D eigenvalue weighted by Crippen LogP contribution is 2.31. The maximum atomic E-state index is 12.1. The first-order valence-corrected chi connectivity index (χ1v) is 8.59. The van der Waals surface area contributed by atoms with Crippen LogP contribution >= 0.6 is 0 Å². The molecule has 3 rings (SSSR count). The monoisotopic (exact) mass is 398 g/mol. The van der Waals surface area contributed by atoms with Crippen LogP contribution in [0.2, 0.25) is 0 Å². The number of rotatable bonds is 8. The Labute approximate surface area is 165 Å². The first kappa shape index (κ1) is 19.8. The van der Waals surface area contributed by atoms with Gasteiger partial charge in [-0.05, 0) is 30.3 Å². The van der Waals surface area contributed by atoms with Gasteiger partial charge in [-0.2, -0.15) is 4.98 Å². The van der Waals surface area contributed by atoms with Crippen molar-refractivity contribution in [2.24, 2.45) is 0 Å². The van der Waals surface area contributed by atoms with Crippen LogP contribution in [0.25, 0.3) is 11.4 Å². The largest absolute Gasteiger partial charge is 0.493 e. The lowest BCUT2D eigenvalue weighted by molar-refractivity contribution is -0.384. The summed E-state index contributed by atoms with van der Waals surface area (Å²) in [4.78, 5) is 26.5. The number of nitrogens with zero attached hydrogens (tertiary/aromatic N) is 3. The van der Waals surface area contributed by atoms with Crippen molar-refractivity contribution < 1.29 is 23.7 Å². The second-order valence-corrected chi connectivity index (χ2v) is 5.93. The van der Waals surface area contributed by atoms with Crippen LogP contribution in [0, 0.1) is 10.1 Å². The van der Waals surface area contributed by atoms with Gasteiger partial charge in [0.25, 0.3) is 5.69 Å². The van der Waals surface area contributed by atoms with Gasteiger partial charge >= 0.3 is 0 Å². The normalized spacial score (nSPS) is 10.4. The van der Waals surface area contributed by atoms with Crippen molar-refractivity contribution in [1.82, 2.24) is 10.1 Å². The average Bonchev–Trinajstić information content (AvgIpc) is 3.21. The Morgan fingerprint density at radius 2 is 1.86 bits per heavy atom. The number of nitro benzene ring substituents is 1. The van der Waals surface area contributed by atoms with Crippen LogP contribution in [0.3, 0.4) is 0 Å². The summed E-state index contributed by atoms with van der Waals surface area (Å²) in [5.41, 5.74) is 1.11. The smallest absolute Gasteiger partial charge is 0.269 e. The molecule has 0 unspecified atom stereocenters. The van der Waals surface area contributed by atoms with E-state index in [1.807, 2.05) is 0 Å². The summed E-state index contributed by atoms with van der Waals surface area (Å²) in [6.07, 6.45) is 0.365. The van der Waals surface area contributed by atoms with Gasteiger partial charge < -0.3 is 19.3 Å². The second-order valence-electron chi connectivity index (χ2n) is 5.93. The first-order valence-electron chi connectivity index (χ1n) is 8.59. The molecule has 0 bridgehead atoms. The maximum absolute atomic E-state index is 12.1. The minimum atomic E-state index is -0.503. The lowest BCUT2D eigenvalue weighted by Gasteiger charge is -2.07. The summed E-state index contributed by atoms with van der Waals surface area (Å²) < 4.78 is 15.7. The fraction of sp³-hybridized carbons (Fsp3) is 0.211. The third-order valence-corrected chi connectivity index (χ3v) is 4.04. The molecule has 10 nitrogen and oxygen atoms in total. The van der Waals surface area contributed by atoms with Gasteiger partial charge in [0.05, 0.1) is 19.1 Å². The van der Waals surface area contributed by atoms with Crippen LogP contribution < -0.4 is 14.8 Å². The summed E-state index contributed by atoms with van der Waals surface area (Å²) in [6.45, 7) is 0. The van der Waals surface area contributed by atoms with Crippen LogP contribution in [0.1, 0.15) is 12.3 Å². The van der Waals surface area contributed by atoms with Gasteiger partial charge in [0.2, 0.25) is 17.6 Å². The highest BCUT2D eigenvalue weighted by molar-refractivity contribution is 5.90. The van der Waals surface area contributed by atoms with Crippen molar-refractivity contribution in [3.63, 3.8) is 0 Å². The summed E-state index contributed by atoms with van der Waals surface area (Å²) in [6, 6.07) is 10.8. The SMILES string of the molecule is COc1ccc(-c2noc(CCC(=O)Nc3ccc([N+](=O)[O-])cc3)n2)cc1OC. The van der Waals surface area contributed by atoms with Crippen LogP contribution in [-0.2, 0) is 11.2 Å². The Morgan fingerprint density at radius 3 is 2.52 bits per heavy atom. The number of hydrogen-bond donors (Lipinski definition) is 1. The predicted octanol–water partition coefficient (Wildman–Crippen LogP) is 3.23. The van der Waals surface area contributed by atoms with E-state index in [4.69, 9.17) is 14.0 Å². The molecule has 0 radical (unpaired) electrons. The molecule has 1 amide bonds. The minimum Gasteiger partial charge on any atom is -0.493 e. The Hall–Kier alpha value is -3.95. The van der Waals surface area contributed by atoms with Crippen LogP contribution in [0.5, 0.6) is 11.5 Å². The number of hydrogen-bond acceptors (Lipinski definition) is 8. The number of aromatic nitrogens is 2. The van der Waals surface area contributed by atoms with Gasteiger partial charge in [-0.25, -0.2) is 0 Å². The molecule has 0 aliphatic heterocycles. The van der Waals surface area contributed by atoms with E-state index in [0.29, 0.717) is 34.5 Å². The molecule has 3 aromatic rings. The molecular weight excluding hydrogens is 380 g/mol. The Kier molecular flexibility index (Phi) is 6.03. The molecule has 0 aliphatic carbocycles. The Balaban J connectivity index is 1.59. The van der Waals surface area contributed by atoms with Gasteiger partial charge in [-0.3, -0.25) is 14.9 Å². The third-order valence-electron chi connectivity index (χ3n) is 4.04. The van der Waals surface area contributed by atoms with Crippen LogP contribution in [0.15, 0.2) is 47.0 Å². The molecule has 0 atom stereocenters. The molecule has 2 aromatic carbocycles. The van der Waals surface area contributed by atoms with E-state index in [1.54, 1.807) is 25.3 Å². The number of non-ortho nitro benzene ring substituents is 1. The van der Waals surface area contributed by atoms with E-state index in [1.165, 1.54) is 31.4 Å². The molecule has 0 fully saturated rings. The number of methoxy groups -OCH3 is 2. The first-order chi connectivity index (χ1) is 14.0. The highest BCUT2D eigenvalue weighted by Gasteiger charge is 2.13. The lowest BCUT2D eigenvalue weighted by atomic mass is 10.2. The molecule has 1 aromatic heterocycles. The van der Waals surface area contributed by atoms with Gasteiger partial charge in [0.1, 0.15) is 0 Å². The number of anilines is 1. The Morgan fingerprint density at radius 1 is 1.14 bits per heavy atom. The van der Waals surface area contributed by atoms with Gasteiger partial charge in [0.15, 0.2) is 11.5 Å². The number of amides is 1. The standard InChI is InChI=1S/C19H18N4O6/c1-27-15-8-3-12(11-16(15)28-2)19-21-18(29-22-19)10-9-17(24)20-13-4-6-14(7-5-13)23(25)26/h3-8,11H,9-10H2,1-2H3,(H,20,24). The molecule has 29 heavy (non-hydrogen) atoms. The van der Waals surface area contributed by atoms with Crippen LogP contribution in [0.4, 0.5) is 11.4 Å². The highest BCUT2D eigenvalue weighted by atomic mass is 16.6. The summed E-state index contributed by atoms with van der Waals surface area (Å²) >= 11 is 0. The molecular formula is C19H18N4O6. The van der Waals surface area contributed by atoms with Crippen molar-refractivity contribution >= 4 is 17.3 Å². The Bertz CT molecular complexity index is 1020. The van der Waals surface area contributed by atoms with E-state index < -0.39 is 4.92 Å². The fourth-order valence-corrected chi connectivity index (χ4v) is 2.56. The van der Waals surface area contributed by atoms with E-state index in [2.05, 4.69) is 15.5 Å².